The summed E-state index contributed by atoms with van der Waals surface area (Å²) in [5.74, 6) is 0.400. The average molecular weight is 462 g/mol. The number of aryl methyl sites for hydroxylation is 1. The molecule has 3 rings (SSSR count). The Labute approximate surface area is 188 Å². The second-order valence-electron chi connectivity index (χ2n) is 7.38. The van der Waals surface area contributed by atoms with E-state index in [1.807, 2.05) is 6.92 Å². The molecule has 1 heterocycles. The van der Waals surface area contributed by atoms with Gasteiger partial charge in [-0.3, -0.25) is 13.9 Å². The van der Waals surface area contributed by atoms with Gasteiger partial charge in [0.25, 0.3) is 10.0 Å². The first kappa shape index (κ1) is 23.4. The van der Waals surface area contributed by atoms with Crippen LogP contribution in [0.4, 0.5) is 5.69 Å². The standard InChI is InChI=1S/C22H27N3O6S/c1-17-4-7-19(8-5-17)32(28,29)25(20-9-6-18(30-2)14-21(20)31-3)15-22(27)24-12-10-23(16-26)11-13-24/h4-9,14,16H,10-13,15H2,1-3H3. The first-order chi connectivity index (χ1) is 15.3. The molecule has 0 aliphatic carbocycles. The number of rotatable bonds is 8. The number of carbonyl (C=O) groups is 2. The van der Waals surface area contributed by atoms with Crippen molar-refractivity contribution in [2.75, 3.05) is 51.2 Å². The van der Waals surface area contributed by atoms with Gasteiger partial charge < -0.3 is 19.3 Å². The molecule has 32 heavy (non-hydrogen) atoms. The molecule has 9 nitrogen and oxygen atoms in total. The molecule has 0 N–H and O–H groups in total. The van der Waals surface area contributed by atoms with E-state index < -0.39 is 16.6 Å². The molecular formula is C22H27N3O6S. The molecule has 2 aromatic rings. The van der Waals surface area contributed by atoms with Crippen molar-refractivity contribution >= 4 is 28.0 Å². The maximum atomic E-state index is 13.6. The van der Waals surface area contributed by atoms with Crippen molar-refractivity contribution in [2.45, 2.75) is 11.8 Å². The van der Waals surface area contributed by atoms with E-state index in [1.54, 1.807) is 40.1 Å². The van der Waals surface area contributed by atoms with Crippen LogP contribution in [-0.2, 0) is 19.6 Å². The Hall–Kier alpha value is -3.27. The molecule has 0 radical (unpaired) electrons. The first-order valence-electron chi connectivity index (χ1n) is 10.1. The van der Waals surface area contributed by atoms with Gasteiger partial charge in [0.2, 0.25) is 12.3 Å². The third-order valence-corrected chi connectivity index (χ3v) is 7.13. The number of hydrogen-bond acceptors (Lipinski definition) is 6. The Morgan fingerprint density at radius 1 is 1.03 bits per heavy atom. The summed E-state index contributed by atoms with van der Waals surface area (Å²) < 4.78 is 38.9. The molecule has 1 aliphatic rings. The summed E-state index contributed by atoms with van der Waals surface area (Å²) in [4.78, 5) is 27.2. The zero-order valence-electron chi connectivity index (χ0n) is 18.4. The van der Waals surface area contributed by atoms with Gasteiger partial charge in [0.1, 0.15) is 18.0 Å². The Kier molecular flexibility index (Phi) is 7.24. The largest absolute Gasteiger partial charge is 0.497 e. The Balaban J connectivity index is 1.99. The van der Waals surface area contributed by atoms with Gasteiger partial charge in [0.15, 0.2) is 0 Å². The van der Waals surface area contributed by atoms with Crippen molar-refractivity contribution in [1.82, 2.24) is 9.80 Å². The summed E-state index contributed by atoms with van der Waals surface area (Å²) >= 11 is 0. The Morgan fingerprint density at radius 2 is 1.69 bits per heavy atom. The quantitative estimate of drug-likeness (QED) is 0.553. The number of anilines is 1. The van der Waals surface area contributed by atoms with E-state index in [-0.39, 0.29) is 22.2 Å². The zero-order valence-corrected chi connectivity index (χ0v) is 19.2. The van der Waals surface area contributed by atoms with Crippen molar-refractivity contribution in [3.8, 4) is 11.5 Å². The van der Waals surface area contributed by atoms with E-state index in [2.05, 4.69) is 0 Å². The molecule has 0 atom stereocenters. The summed E-state index contributed by atoms with van der Waals surface area (Å²) in [5, 5.41) is 0. The van der Waals surface area contributed by atoms with Gasteiger partial charge in [-0.2, -0.15) is 0 Å². The Morgan fingerprint density at radius 3 is 2.25 bits per heavy atom. The summed E-state index contributed by atoms with van der Waals surface area (Å²) in [6, 6.07) is 11.2. The molecule has 0 unspecified atom stereocenters. The van der Waals surface area contributed by atoms with Crippen molar-refractivity contribution in [1.29, 1.82) is 0 Å². The minimum Gasteiger partial charge on any atom is -0.497 e. The first-order valence-corrected chi connectivity index (χ1v) is 11.5. The van der Waals surface area contributed by atoms with E-state index in [0.29, 0.717) is 31.9 Å². The van der Waals surface area contributed by atoms with E-state index in [1.165, 1.54) is 26.4 Å². The number of carbonyl (C=O) groups excluding carboxylic acids is 2. The Bertz CT molecular complexity index is 1060. The van der Waals surface area contributed by atoms with Gasteiger partial charge in [-0.05, 0) is 31.2 Å². The number of piperazine rings is 1. The second-order valence-corrected chi connectivity index (χ2v) is 9.25. The van der Waals surface area contributed by atoms with E-state index in [9.17, 15) is 18.0 Å². The molecule has 1 aliphatic heterocycles. The minimum absolute atomic E-state index is 0.0690. The van der Waals surface area contributed by atoms with Gasteiger partial charge in [0, 0.05) is 32.2 Å². The lowest BCUT2D eigenvalue weighted by atomic mass is 10.2. The lowest BCUT2D eigenvalue weighted by Crippen LogP contribution is -2.51. The third-order valence-electron chi connectivity index (χ3n) is 5.36. The van der Waals surface area contributed by atoms with Crippen LogP contribution in [-0.4, -0.2) is 77.5 Å². The number of ether oxygens (including phenoxy) is 2. The summed E-state index contributed by atoms with van der Waals surface area (Å²) in [7, 11) is -1.15. The molecule has 0 aromatic heterocycles. The van der Waals surface area contributed by atoms with Crippen LogP contribution in [0.1, 0.15) is 5.56 Å². The monoisotopic (exact) mass is 461 g/mol. The molecule has 0 bridgehead atoms. The van der Waals surface area contributed by atoms with Gasteiger partial charge >= 0.3 is 0 Å². The van der Waals surface area contributed by atoms with Gasteiger partial charge in [-0.1, -0.05) is 17.7 Å². The van der Waals surface area contributed by atoms with Crippen LogP contribution in [0.2, 0.25) is 0 Å². The summed E-state index contributed by atoms with van der Waals surface area (Å²) in [6.45, 7) is 2.96. The second kappa shape index (κ2) is 9.90. The van der Waals surface area contributed by atoms with Crippen molar-refractivity contribution in [3.05, 3.63) is 48.0 Å². The maximum Gasteiger partial charge on any atom is 0.264 e. The van der Waals surface area contributed by atoms with Crippen LogP contribution in [0.3, 0.4) is 0 Å². The summed E-state index contributed by atoms with van der Waals surface area (Å²) in [6.07, 6.45) is 0.748. The molecule has 2 aromatic carbocycles. The van der Waals surface area contributed by atoms with E-state index in [0.717, 1.165) is 16.3 Å². The molecular weight excluding hydrogens is 434 g/mol. The normalized spacial score (nSPS) is 14.1. The number of sulfonamides is 1. The molecule has 172 valence electrons. The maximum absolute atomic E-state index is 13.6. The van der Waals surface area contributed by atoms with Crippen LogP contribution in [0.15, 0.2) is 47.4 Å². The highest BCUT2D eigenvalue weighted by Gasteiger charge is 2.32. The van der Waals surface area contributed by atoms with Gasteiger partial charge in [0.05, 0.1) is 24.8 Å². The fraction of sp³-hybridized carbons (Fsp3) is 0.364. The van der Waals surface area contributed by atoms with Crippen LogP contribution in [0, 0.1) is 6.92 Å². The molecule has 1 fully saturated rings. The van der Waals surface area contributed by atoms with Crippen LogP contribution in [0.5, 0.6) is 11.5 Å². The highest BCUT2D eigenvalue weighted by Crippen LogP contribution is 2.35. The van der Waals surface area contributed by atoms with Crippen molar-refractivity contribution in [3.63, 3.8) is 0 Å². The van der Waals surface area contributed by atoms with E-state index in [4.69, 9.17) is 9.47 Å². The van der Waals surface area contributed by atoms with Gasteiger partial charge in [-0.15, -0.1) is 0 Å². The van der Waals surface area contributed by atoms with Crippen LogP contribution < -0.4 is 13.8 Å². The summed E-state index contributed by atoms with van der Waals surface area (Å²) in [5.41, 5.74) is 1.15. The molecule has 10 heteroatoms. The molecule has 0 spiro atoms. The SMILES string of the molecule is COc1ccc(N(CC(=O)N2CCN(C=O)CC2)S(=O)(=O)c2ccc(C)cc2)c(OC)c1. The van der Waals surface area contributed by atoms with Crippen molar-refractivity contribution < 1.29 is 27.5 Å². The number of benzene rings is 2. The van der Waals surface area contributed by atoms with Crippen LogP contribution in [0.25, 0.3) is 0 Å². The minimum atomic E-state index is -4.07. The topological polar surface area (TPSA) is 96.5 Å². The van der Waals surface area contributed by atoms with Crippen LogP contribution >= 0.6 is 0 Å². The fourth-order valence-electron chi connectivity index (χ4n) is 3.43. The number of amides is 2. The van der Waals surface area contributed by atoms with Gasteiger partial charge in [-0.25, -0.2) is 8.42 Å². The highest BCUT2D eigenvalue weighted by molar-refractivity contribution is 7.92. The number of hydrogen-bond donors (Lipinski definition) is 0. The highest BCUT2D eigenvalue weighted by atomic mass is 32.2. The third kappa shape index (κ3) is 4.96. The van der Waals surface area contributed by atoms with Crippen molar-refractivity contribution in [2.24, 2.45) is 0 Å². The molecule has 2 amide bonds. The average Bonchev–Trinajstić information content (AvgIpc) is 2.82. The smallest absolute Gasteiger partial charge is 0.264 e. The molecule has 1 saturated heterocycles. The fourth-order valence-corrected chi connectivity index (χ4v) is 4.85. The lowest BCUT2D eigenvalue weighted by molar-refractivity contribution is -0.133. The van der Waals surface area contributed by atoms with E-state index >= 15 is 0 Å². The predicted molar refractivity (Wildman–Crippen MR) is 119 cm³/mol. The zero-order chi connectivity index (χ0) is 23.3. The predicted octanol–water partition coefficient (Wildman–Crippen LogP) is 1.51. The molecule has 0 saturated carbocycles. The lowest BCUT2D eigenvalue weighted by Gasteiger charge is -2.34. The number of nitrogens with zero attached hydrogens (tertiary/aromatic N) is 3. The number of methoxy groups -OCH3 is 2.